The van der Waals surface area contributed by atoms with Gasteiger partial charge in [0.25, 0.3) is 0 Å². The van der Waals surface area contributed by atoms with E-state index in [0.29, 0.717) is 5.75 Å². The van der Waals surface area contributed by atoms with E-state index in [1.807, 2.05) is 0 Å². The summed E-state index contributed by atoms with van der Waals surface area (Å²) in [5.74, 6) is -1.30. The van der Waals surface area contributed by atoms with Crippen LogP contribution in [0.2, 0.25) is 0 Å². The van der Waals surface area contributed by atoms with Gasteiger partial charge in [0.15, 0.2) is 5.76 Å². The number of benzene rings is 1. The highest BCUT2D eigenvalue weighted by Crippen LogP contribution is 2.34. The molecule has 1 aliphatic rings. The average Bonchev–Trinajstić information content (AvgIpc) is 2.58. The van der Waals surface area contributed by atoms with Gasteiger partial charge >= 0.3 is 11.9 Å². The third-order valence-corrected chi connectivity index (χ3v) is 3.36. The van der Waals surface area contributed by atoms with Gasteiger partial charge in [0.2, 0.25) is 5.78 Å². The number of ketones is 1. The van der Waals surface area contributed by atoms with Gasteiger partial charge in [-0.1, -0.05) is 24.3 Å². The van der Waals surface area contributed by atoms with E-state index >= 15 is 0 Å². The molecule has 1 aromatic carbocycles. The summed E-state index contributed by atoms with van der Waals surface area (Å²) in [5, 5.41) is 0. The van der Waals surface area contributed by atoms with E-state index in [1.165, 1.54) is 32.4 Å². The van der Waals surface area contributed by atoms with E-state index in [0.717, 1.165) is 0 Å². The van der Waals surface area contributed by atoms with E-state index in [2.05, 4.69) is 4.74 Å². The second kappa shape index (κ2) is 6.91. The van der Waals surface area contributed by atoms with Gasteiger partial charge < -0.3 is 14.2 Å². The zero-order valence-corrected chi connectivity index (χ0v) is 12.8. The predicted molar refractivity (Wildman–Crippen MR) is 80.4 cm³/mol. The highest BCUT2D eigenvalue weighted by Gasteiger charge is 2.41. The van der Waals surface area contributed by atoms with Crippen LogP contribution in [-0.2, 0) is 23.9 Å². The lowest BCUT2D eigenvalue weighted by atomic mass is 9.80. The minimum atomic E-state index is -1.43. The van der Waals surface area contributed by atoms with Gasteiger partial charge in [-0.05, 0) is 24.3 Å². The fourth-order valence-corrected chi connectivity index (χ4v) is 2.17. The second-order valence-electron chi connectivity index (χ2n) is 4.91. The van der Waals surface area contributed by atoms with E-state index in [1.54, 1.807) is 30.3 Å². The van der Waals surface area contributed by atoms with Crippen molar-refractivity contribution in [3.05, 3.63) is 54.3 Å². The average molecular weight is 316 g/mol. The van der Waals surface area contributed by atoms with E-state index in [4.69, 9.17) is 9.47 Å². The predicted octanol–water partition coefficient (Wildman–Crippen LogP) is 1.81. The molecule has 120 valence electrons. The van der Waals surface area contributed by atoms with Crippen LogP contribution in [0.5, 0.6) is 5.75 Å². The van der Waals surface area contributed by atoms with Crippen LogP contribution in [0.15, 0.2) is 54.3 Å². The minimum absolute atomic E-state index is 0.0481. The molecule has 23 heavy (non-hydrogen) atoms. The number of esters is 2. The van der Waals surface area contributed by atoms with Crippen molar-refractivity contribution in [2.45, 2.75) is 6.42 Å². The molecule has 6 heteroatoms. The normalized spacial score (nSPS) is 19.7. The number of allylic oxidation sites excluding steroid dienone is 1. The zero-order valence-electron chi connectivity index (χ0n) is 12.8. The second-order valence-corrected chi connectivity index (χ2v) is 4.91. The molecule has 0 heterocycles. The van der Waals surface area contributed by atoms with Crippen molar-refractivity contribution in [1.82, 2.24) is 0 Å². The Kier molecular flexibility index (Phi) is 4.95. The summed E-state index contributed by atoms with van der Waals surface area (Å²) in [5.41, 5.74) is -1.43. The molecule has 1 atom stereocenters. The number of hydrogen-bond donors (Lipinski definition) is 0. The van der Waals surface area contributed by atoms with E-state index in [-0.39, 0.29) is 12.2 Å². The maximum atomic E-state index is 12.2. The Morgan fingerprint density at radius 2 is 1.78 bits per heavy atom. The molecule has 0 spiro atoms. The summed E-state index contributed by atoms with van der Waals surface area (Å²) in [7, 11) is 2.42. The molecule has 2 rings (SSSR count). The third-order valence-electron chi connectivity index (χ3n) is 3.36. The summed E-state index contributed by atoms with van der Waals surface area (Å²) >= 11 is 0. The topological polar surface area (TPSA) is 78.9 Å². The molecule has 1 unspecified atom stereocenters. The van der Waals surface area contributed by atoms with Crippen LogP contribution in [-0.4, -0.2) is 31.9 Å². The van der Waals surface area contributed by atoms with Crippen molar-refractivity contribution >= 4 is 17.7 Å². The molecule has 1 aliphatic carbocycles. The fourth-order valence-electron chi connectivity index (χ4n) is 2.17. The van der Waals surface area contributed by atoms with Crippen LogP contribution >= 0.6 is 0 Å². The molecule has 0 radical (unpaired) electrons. The molecule has 0 saturated carbocycles. The van der Waals surface area contributed by atoms with Crippen LogP contribution in [0, 0.1) is 5.41 Å². The largest absolute Gasteiger partial charge is 0.469 e. The molecule has 0 fully saturated rings. The smallest absolute Gasteiger partial charge is 0.320 e. The molecule has 0 N–H and O–H groups in total. The maximum Gasteiger partial charge on any atom is 0.320 e. The summed E-state index contributed by atoms with van der Waals surface area (Å²) in [6, 6.07) is 8.65. The molecule has 0 aromatic heterocycles. The van der Waals surface area contributed by atoms with Gasteiger partial charge in [-0.25, -0.2) is 0 Å². The first-order valence-corrected chi connectivity index (χ1v) is 6.85. The van der Waals surface area contributed by atoms with Crippen LogP contribution < -0.4 is 4.74 Å². The van der Waals surface area contributed by atoms with Crippen LogP contribution in [0.1, 0.15) is 6.42 Å². The maximum absolute atomic E-state index is 12.2. The first kappa shape index (κ1) is 16.5. The Bertz CT molecular complexity index is 674. The summed E-state index contributed by atoms with van der Waals surface area (Å²) in [4.78, 5) is 35.8. The molecule has 6 nitrogen and oxygen atoms in total. The van der Waals surface area contributed by atoms with Gasteiger partial charge in [0, 0.05) is 0 Å². The summed E-state index contributed by atoms with van der Waals surface area (Å²) in [6.45, 7) is 0. The van der Waals surface area contributed by atoms with Crippen molar-refractivity contribution in [3.8, 4) is 5.75 Å². The lowest BCUT2D eigenvalue weighted by Gasteiger charge is -2.26. The lowest BCUT2D eigenvalue weighted by molar-refractivity contribution is -0.154. The highest BCUT2D eigenvalue weighted by atomic mass is 16.5. The van der Waals surface area contributed by atoms with E-state index in [9.17, 15) is 14.4 Å². The molecule has 0 bridgehead atoms. The van der Waals surface area contributed by atoms with Gasteiger partial charge in [-0.3, -0.25) is 14.4 Å². The molecular weight excluding hydrogens is 300 g/mol. The minimum Gasteiger partial charge on any atom is -0.469 e. The summed E-state index contributed by atoms with van der Waals surface area (Å²) in [6.07, 6.45) is 3.53. The molecule has 0 saturated heterocycles. The van der Waals surface area contributed by atoms with Crippen molar-refractivity contribution in [2.24, 2.45) is 5.41 Å². The Morgan fingerprint density at radius 3 is 2.39 bits per heavy atom. The molecular formula is C17H16O6. The van der Waals surface area contributed by atoms with Crippen molar-refractivity contribution in [1.29, 1.82) is 0 Å². The number of hydrogen-bond acceptors (Lipinski definition) is 6. The monoisotopic (exact) mass is 316 g/mol. The third kappa shape index (κ3) is 3.66. The van der Waals surface area contributed by atoms with Crippen LogP contribution in [0.4, 0.5) is 0 Å². The summed E-state index contributed by atoms with van der Waals surface area (Å²) < 4.78 is 14.9. The zero-order chi connectivity index (χ0) is 16.9. The first-order valence-electron chi connectivity index (χ1n) is 6.85. The van der Waals surface area contributed by atoms with Crippen molar-refractivity contribution in [3.63, 3.8) is 0 Å². The quantitative estimate of drug-likeness (QED) is 0.771. The van der Waals surface area contributed by atoms with Crippen LogP contribution in [0.3, 0.4) is 0 Å². The van der Waals surface area contributed by atoms with Gasteiger partial charge in [0.1, 0.15) is 11.2 Å². The Morgan fingerprint density at radius 1 is 1.09 bits per heavy atom. The number of methoxy groups -OCH3 is 2. The Balaban J connectivity index is 2.38. The first-order chi connectivity index (χ1) is 11.0. The number of ether oxygens (including phenoxy) is 3. The molecule has 1 aromatic rings. The van der Waals surface area contributed by atoms with Crippen LogP contribution in [0.25, 0.3) is 0 Å². The number of carbonyl (C=O) groups excluding carboxylic acids is 3. The van der Waals surface area contributed by atoms with Gasteiger partial charge in [0.05, 0.1) is 20.6 Å². The van der Waals surface area contributed by atoms with E-state index < -0.39 is 23.1 Å². The van der Waals surface area contributed by atoms with Gasteiger partial charge in [-0.2, -0.15) is 0 Å². The molecule has 0 aliphatic heterocycles. The Labute approximate surface area is 133 Å². The standard InChI is InChI=1S/C17H16O6/c1-21-15(19)11-17(16(20)22-2)9-8-13(18)14(10-17)23-12-6-4-3-5-7-12/h3-10H,11H2,1-2H3. The number of para-hydroxylation sites is 1. The van der Waals surface area contributed by atoms with Crippen molar-refractivity contribution in [2.75, 3.05) is 14.2 Å². The highest BCUT2D eigenvalue weighted by molar-refractivity contribution is 6.06. The lowest BCUT2D eigenvalue weighted by Crippen LogP contribution is -2.35. The SMILES string of the molecule is COC(=O)CC1(C(=O)OC)C=CC(=O)C(Oc2ccccc2)=C1. The molecule has 0 amide bonds. The van der Waals surface area contributed by atoms with Crippen molar-refractivity contribution < 1.29 is 28.6 Å². The van der Waals surface area contributed by atoms with Gasteiger partial charge in [-0.15, -0.1) is 0 Å². The number of rotatable bonds is 5. The number of carbonyl (C=O) groups is 3. The Hall–Kier alpha value is -2.89. The fraction of sp³-hybridized carbons (Fsp3) is 0.235.